The van der Waals surface area contributed by atoms with Crippen LogP contribution < -0.4 is 11.1 Å². The van der Waals surface area contributed by atoms with Gasteiger partial charge in [-0.3, -0.25) is 0 Å². The molecule has 21 heavy (non-hydrogen) atoms. The van der Waals surface area contributed by atoms with E-state index in [0.29, 0.717) is 11.6 Å². The van der Waals surface area contributed by atoms with Crippen LogP contribution in [0.15, 0.2) is 0 Å². The summed E-state index contributed by atoms with van der Waals surface area (Å²) in [7, 11) is 2.83. The van der Waals surface area contributed by atoms with Crippen LogP contribution in [0.25, 0.3) is 0 Å². The number of carbonyl (C=O) groups excluding carboxylic acids is 2. The van der Waals surface area contributed by atoms with Gasteiger partial charge in [0.1, 0.15) is 15.4 Å². The van der Waals surface area contributed by atoms with Crippen LogP contribution in [0.1, 0.15) is 33.9 Å². The smallest absolute Gasteiger partial charge is 0.350 e. The number of nitrogens with one attached hydrogen (secondary N) is 1. The van der Waals surface area contributed by atoms with Gasteiger partial charge < -0.3 is 25.3 Å². The highest BCUT2D eigenvalue weighted by Gasteiger charge is 2.27. The standard InChI is InChI=1S/C13H20N2O5S/c1-5-20-13(17)10-9(14)8(12(16)19-4)11(21-10)15-7(2)6-18-3/h7,15H,5-6,14H2,1-4H3. The zero-order valence-electron chi connectivity index (χ0n) is 12.5. The van der Waals surface area contributed by atoms with Gasteiger partial charge >= 0.3 is 11.9 Å². The second-order valence-electron chi connectivity index (χ2n) is 4.26. The number of thiophene rings is 1. The fourth-order valence-electron chi connectivity index (χ4n) is 1.71. The predicted molar refractivity (Wildman–Crippen MR) is 81.0 cm³/mol. The predicted octanol–water partition coefficient (Wildman–Crippen LogP) is 1.74. The first-order valence-electron chi connectivity index (χ1n) is 6.39. The van der Waals surface area contributed by atoms with Gasteiger partial charge in [-0.25, -0.2) is 9.59 Å². The van der Waals surface area contributed by atoms with E-state index >= 15 is 0 Å². The van der Waals surface area contributed by atoms with Gasteiger partial charge in [-0.15, -0.1) is 11.3 Å². The molecule has 0 aromatic carbocycles. The topological polar surface area (TPSA) is 99.9 Å². The number of rotatable bonds is 7. The summed E-state index contributed by atoms with van der Waals surface area (Å²) in [5, 5.41) is 3.55. The molecule has 8 heteroatoms. The maximum absolute atomic E-state index is 11.9. The van der Waals surface area contributed by atoms with Crippen molar-refractivity contribution in [1.29, 1.82) is 0 Å². The minimum absolute atomic E-state index is 0.0634. The minimum atomic E-state index is -0.605. The van der Waals surface area contributed by atoms with Crippen molar-refractivity contribution in [3.05, 3.63) is 10.4 Å². The van der Waals surface area contributed by atoms with Crippen molar-refractivity contribution in [2.75, 3.05) is 38.5 Å². The second kappa shape index (κ2) is 7.84. The van der Waals surface area contributed by atoms with Crippen LogP contribution in [0.5, 0.6) is 0 Å². The molecule has 0 amide bonds. The Labute approximate surface area is 127 Å². The molecular weight excluding hydrogens is 296 g/mol. The fourth-order valence-corrected chi connectivity index (χ4v) is 2.83. The molecule has 0 aliphatic rings. The van der Waals surface area contributed by atoms with Crippen molar-refractivity contribution in [3.8, 4) is 0 Å². The summed E-state index contributed by atoms with van der Waals surface area (Å²) in [5.41, 5.74) is 6.11. The van der Waals surface area contributed by atoms with E-state index in [1.165, 1.54) is 7.11 Å². The SMILES string of the molecule is CCOC(=O)c1sc(NC(C)COC)c(C(=O)OC)c1N. The molecule has 1 rings (SSSR count). The van der Waals surface area contributed by atoms with Gasteiger partial charge in [0.05, 0.1) is 26.0 Å². The normalized spacial score (nSPS) is 11.8. The lowest BCUT2D eigenvalue weighted by molar-refractivity contribution is 0.0533. The maximum atomic E-state index is 11.9. The van der Waals surface area contributed by atoms with E-state index in [9.17, 15) is 9.59 Å². The molecule has 0 fully saturated rings. The summed E-state index contributed by atoms with van der Waals surface area (Å²) in [6, 6.07) is -0.0634. The van der Waals surface area contributed by atoms with Gasteiger partial charge in [0.25, 0.3) is 0 Å². The lowest BCUT2D eigenvalue weighted by Gasteiger charge is -2.13. The van der Waals surface area contributed by atoms with Gasteiger partial charge in [0.15, 0.2) is 0 Å². The summed E-state index contributed by atoms with van der Waals surface area (Å²) >= 11 is 1.07. The Balaban J connectivity index is 3.18. The Kier molecular flexibility index (Phi) is 6.44. The van der Waals surface area contributed by atoms with Crippen molar-refractivity contribution >= 4 is 34.0 Å². The molecule has 1 aromatic heterocycles. The highest BCUT2D eigenvalue weighted by atomic mass is 32.1. The van der Waals surface area contributed by atoms with E-state index in [0.717, 1.165) is 11.3 Å². The first kappa shape index (κ1) is 17.3. The fraction of sp³-hybridized carbons (Fsp3) is 0.538. The molecule has 1 atom stereocenters. The zero-order valence-corrected chi connectivity index (χ0v) is 13.3. The summed E-state index contributed by atoms with van der Waals surface area (Å²) < 4.78 is 14.7. The maximum Gasteiger partial charge on any atom is 0.350 e. The number of nitrogen functional groups attached to an aromatic ring is 1. The quantitative estimate of drug-likeness (QED) is 0.739. The number of esters is 2. The van der Waals surface area contributed by atoms with Crippen LogP contribution >= 0.6 is 11.3 Å². The molecule has 1 aromatic rings. The summed E-state index contributed by atoms with van der Waals surface area (Å²) in [4.78, 5) is 23.9. The Bertz CT molecular complexity index is 515. The van der Waals surface area contributed by atoms with Crippen molar-refractivity contribution in [1.82, 2.24) is 0 Å². The number of carbonyl (C=O) groups is 2. The molecule has 0 radical (unpaired) electrons. The molecule has 0 aliphatic carbocycles. The van der Waals surface area contributed by atoms with Crippen LogP contribution in [0.3, 0.4) is 0 Å². The lowest BCUT2D eigenvalue weighted by Crippen LogP contribution is -2.21. The molecule has 0 spiro atoms. The average Bonchev–Trinajstić information content (AvgIpc) is 2.75. The Morgan fingerprint density at radius 1 is 1.33 bits per heavy atom. The monoisotopic (exact) mass is 316 g/mol. The van der Waals surface area contributed by atoms with Gasteiger partial charge in [0, 0.05) is 13.2 Å². The van der Waals surface area contributed by atoms with Gasteiger partial charge in [-0.2, -0.15) is 0 Å². The van der Waals surface area contributed by atoms with Crippen molar-refractivity contribution in [2.24, 2.45) is 0 Å². The molecule has 0 aliphatic heterocycles. The van der Waals surface area contributed by atoms with E-state index in [2.05, 4.69) is 5.32 Å². The van der Waals surface area contributed by atoms with E-state index in [4.69, 9.17) is 19.9 Å². The van der Waals surface area contributed by atoms with Crippen LogP contribution in [-0.2, 0) is 14.2 Å². The molecular formula is C13H20N2O5S. The zero-order chi connectivity index (χ0) is 16.0. The van der Waals surface area contributed by atoms with Gasteiger partial charge in [-0.1, -0.05) is 0 Å². The minimum Gasteiger partial charge on any atom is -0.465 e. The van der Waals surface area contributed by atoms with E-state index in [-0.39, 0.29) is 28.8 Å². The van der Waals surface area contributed by atoms with Gasteiger partial charge in [0.2, 0.25) is 0 Å². The number of hydrogen-bond donors (Lipinski definition) is 2. The highest BCUT2D eigenvalue weighted by molar-refractivity contribution is 7.19. The number of nitrogens with two attached hydrogens (primary N) is 1. The Morgan fingerprint density at radius 3 is 2.52 bits per heavy atom. The van der Waals surface area contributed by atoms with E-state index in [1.54, 1.807) is 14.0 Å². The van der Waals surface area contributed by atoms with E-state index < -0.39 is 11.9 Å². The summed E-state index contributed by atoms with van der Waals surface area (Å²) in [6.07, 6.45) is 0. The second-order valence-corrected chi connectivity index (χ2v) is 5.28. The molecule has 1 unspecified atom stereocenters. The number of ether oxygens (including phenoxy) is 3. The highest BCUT2D eigenvalue weighted by Crippen LogP contribution is 2.37. The molecule has 7 nitrogen and oxygen atoms in total. The largest absolute Gasteiger partial charge is 0.465 e. The Morgan fingerprint density at radius 2 is 2.00 bits per heavy atom. The average molecular weight is 316 g/mol. The third-order valence-electron chi connectivity index (χ3n) is 2.59. The number of anilines is 2. The molecule has 0 saturated carbocycles. The van der Waals surface area contributed by atoms with Crippen LogP contribution in [-0.4, -0.2) is 45.4 Å². The van der Waals surface area contributed by atoms with Crippen LogP contribution in [0.4, 0.5) is 10.7 Å². The van der Waals surface area contributed by atoms with Crippen LogP contribution in [0.2, 0.25) is 0 Å². The Hall–Kier alpha value is -1.80. The molecule has 118 valence electrons. The van der Waals surface area contributed by atoms with Crippen molar-refractivity contribution < 1.29 is 23.8 Å². The third-order valence-corrected chi connectivity index (χ3v) is 3.71. The third kappa shape index (κ3) is 4.08. The molecule has 1 heterocycles. The first-order valence-corrected chi connectivity index (χ1v) is 7.21. The first-order chi connectivity index (χ1) is 9.96. The molecule has 3 N–H and O–H groups in total. The van der Waals surface area contributed by atoms with Crippen molar-refractivity contribution in [3.63, 3.8) is 0 Å². The van der Waals surface area contributed by atoms with Gasteiger partial charge in [-0.05, 0) is 13.8 Å². The number of hydrogen-bond acceptors (Lipinski definition) is 8. The lowest BCUT2D eigenvalue weighted by atomic mass is 10.2. The molecule has 0 saturated heterocycles. The molecule has 0 bridgehead atoms. The van der Waals surface area contributed by atoms with E-state index in [1.807, 2.05) is 6.92 Å². The van der Waals surface area contributed by atoms with Crippen molar-refractivity contribution in [2.45, 2.75) is 19.9 Å². The van der Waals surface area contributed by atoms with Crippen LogP contribution in [0, 0.1) is 0 Å². The summed E-state index contributed by atoms with van der Waals surface area (Å²) in [5.74, 6) is -1.16. The summed E-state index contributed by atoms with van der Waals surface area (Å²) in [6.45, 7) is 4.24. The number of methoxy groups -OCH3 is 2.